The molecule has 0 heterocycles. The molecular formula is C20H24N4O. The fourth-order valence-electron chi connectivity index (χ4n) is 2.55. The van der Waals surface area contributed by atoms with Gasteiger partial charge in [-0.25, -0.2) is 0 Å². The predicted octanol–water partition coefficient (Wildman–Crippen LogP) is 3.37. The Morgan fingerprint density at radius 1 is 1.28 bits per heavy atom. The van der Waals surface area contributed by atoms with Crippen molar-refractivity contribution < 1.29 is 4.79 Å². The van der Waals surface area contributed by atoms with Gasteiger partial charge in [-0.15, -0.1) is 0 Å². The van der Waals surface area contributed by atoms with Crippen molar-refractivity contribution in [3.05, 3.63) is 53.7 Å². The van der Waals surface area contributed by atoms with E-state index < -0.39 is 0 Å². The largest absolute Gasteiger partial charge is 0.404 e. The Labute approximate surface area is 147 Å². The van der Waals surface area contributed by atoms with E-state index in [0.29, 0.717) is 11.5 Å². The normalized spacial score (nSPS) is 12.2. The van der Waals surface area contributed by atoms with E-state index in [4.69, 9.17) is 16.9 Å². The van der Waals surface area contributed by atoms with Gasteiger partial charge >= 0.3 is 0 Å². The van der Waals surface area contributed by atoms with Crippen LogP contribution in [-0.2, 0) is 0 Å². The Kier molecular flexibility index (Phi) is 6.06. The molecule has 130 valence electrons. The van der Waals surface area contributed by atoms with Crippen LogP contribution < -0.4 is 11.5 Å². The van der Waals surface area contributed by atoms with Gasteiger partial charge in [0.1, 0.15) is 0 Å². The fraction of sp³-hybridized carbons (Fsp3) is 0.250. The Morgan fingerprint density at radius 2 is 2.04 bits per heavy atom. The zero-order valence-corrected chi connectivity index (χ0v) is 14.6. The molecular weight excluding hydrogens is 312 g/mol. The van der Waals surface area contributed by atoms with Crippen molar-refractivity contribution in [2.24, 2.45) is 22.4 Å². The maximum Gasteiger partial charge on any atom is 0.170 e. The second-order valence-corrected chi connectivity index (χ2v) is 6.38. The van der Waals surface area contributed by atoms with E-state index in [1.54, 1.807) is 18.5 Å². The van der Waals surface area contributed by atoms with Crippen LogP contribution >= 0.6 is 0 Å². The summed E-state index contributed by atoms with van der Waals surface area (Å²) in [7, 11) is 0. The van der Waals surface area contributed by atoms with Crippen molar-refractivity contribution in [3.8, 4) is 0 Å². The summed E-state index contributed by atoms with van der Waals surface area (Å²) in [5, 5.41) is 9.20. The van der Waals surface area contributed by atoms with Crippen molar-refractivity contribution in [3.63, 3.8) is 0 Å². The minimum atomic E-state index is -0.159. The number of benzene rings is 2. The second kappa shape index (κ2) is 8.24. The number of amidine groups is 1. The Balaban J connectivity index is 2.40. The quantitative estimate of drug-likeness (QED) is 0.410. The van der Waals surface area contributed by atoms with Gasteiger partial charge in [-0.1, -0.05) is 44.2 Å². The number of nitrogens with one attached hydrogen (secondary N) is 1. The first kappa shape index (κ1) is 18.4. The third-order valence-corrected chi connectivity index (χ3v) is 3.74. The van der Waals surface area contributed by atoms with Crippen LogP contribution in [-0.4, -0.2) is 24.4 Å². The van der Waals surface area contributed by atoms with Crippen molar-refractivity contribution >= 4 is 34.2 Å². The van der Waals surface area contributed by atoms with Gasteiger partial charge in [0, 0.05) is 30.1 Å². The van der Waals surface area contributed by atoms with Gasteiger partial charge < -0.3 is 11.5 Å². The number of aliphatic imine (C=N–C) groups is 1. The van der Waals surface area contributed by atoms with Gasteiger partial charge in [0.05, 0.1) is 12.3 Å². The molecule has 5 N–H and O–H groups in total. The SMILES string of the molecule is CC(C)CN=CC(=CN)c1cccc2cc(C(=O)CC(=N)N)ccc12. The molecule has 5 nitrogen and oxygen atoms in total. The summed E-state index contributed by atoms with van der Waals surface area (Å²) in [6.07, 6.45) is 3.28. The van der Waals surface area contributed by atoms with Gasteiger partial charge in [-0.2, -0.15) is 0 Å². The lowest BCUT2D eigenvalue weighted by Crippen LogP contribution is -2.15. The highest BCUT2D eigenvalue weighted by Gasteiger charge is 2.10. The van der Waals surface area contributed by atoms with Crippen LogP contribution in [0.25, 0.3) is 16.3 Å². The smallest absolute Gasteiger partial charge is 0.170 e. The third kappa shape index (κ3) is 4.76. The predicted molar refractivity (Wildman–Crippen MR) is 105 cm³/mol. The van der Waals surface area contributed by atoms with E-state index in [1.165, 1.54) is 0 Å². The summed E-state index contributed by atoms with van der Waals surface area (Å²) in [6, 6.07) is 11.3. The zero-order valence-electron chi connectivity index (χ0n) is 14.6. The van der Waals surface area contributed by atoms with E-state index >= 15 is 0 Å². The number of rotatable bonds is 7. The molecule has 0 radical (unpaired) electrons. The highest BCUT2D eigenvalue weighted by Crippen LogP contribution is 2.25. The maximum atomic E-state index is 12.1. The number of hydrogen-bond acceptors (Lipinski definition) is 4. The summed E-state index contributed by atoms with van der Waals surface area (Å²) in [6.45, 7) is 4.97. The molecule has 0 aromatic heterocycles. The second-order valence-electron chi connectivity index (χ2n) is 6.38. The van der Waals surface area contributed by atoms with Crippen LogP contribution in [0.4, 0.5) is 0 Å². The molecule has 0 unspecified atom stereocenters. The van der Waals surface area contributed by atoms with Crippen LogP contribution in [0.5, 0.6) is 0 Å². The highest BCUT2D eigenvalue weighted by atomic mass is 16.1. The molecule has 0 saturated carbocycles. The van der Waals surface area contributed by atoms with Crippen LogP contribution in [0, 0.1) is 11.3 Å². The molecule has 0 spiro atoms. The standard InChI is InChI=1S/C20H24N4O/c1-13(2)11-24-12-16(10-21)17-5-3-4-14-8-15(6-7-18(14)17)19(25)9-20(22)23/h3-8,10,12-13H,9,11,21H2,1-2H3,(H3,22,23). The van der Waals surface area contributed by atoms with Crippen LogP contribution in [0.3, 0.4) is 0 Å². The number of nitrogens with zero attached hydrogens (tertiary/aromatic N) is 1. The summed E-state index contributed by atoms with van der Waals surface area (Å²) in [5.41, 5.74) is 13.5. The number of carbonyl (C=O) groups excluding carboxylic acids is 1. The first-order valence-electron chi connectivity index (χ1n) is 8.23. The molecule has 0 fully saturated rings. The molecule has 0 atom stereocenters. The molecule has 0 amide bonds. The summed E-state index contributed by atoms with van der Waals surface area (Å²) in [4.78, 5) is 16.5. The number of allylic oxidation sites excluding steroid dienone is 1. The maximum absolute atomic E-state index is 12.1. The summed E-state index contributed by atoms with van der Waals surface area (Å²) >= 11 is 0. The topological polar surface area (TPSA) is 105 Å². The summed E-state index contributed by atoms with van der Waals surface area (Å²) in [5.74, 6) is 0.194. The molecule has 25 heavy (non-hydrogen) atoms. The molecule has 0 aliphatic heterocycles. The van der Waals surface area contributed by atoms with Crippen molar-refractivity contribution in [1.29, 1.82) is 5.41 Å². The van der Waals surface area contributed by atoms with Gasteiger partial charge in [0.25, 0.3) is 0 Å². The van der Waals surface area contributed by atoms with Gasteiger partial charge in [-0.3, -0.25) is 15.2 Å². The minimum absolute atomic E-state index is 0.0684. The lowest BCUT2D eigenvalue weighted by atomic mass is 9.96. The van der Waals surface area contributed by atoms with Crippen LogP contribution in [0.15, 0.2) is 47.6 Å². The molecule has 2 aromatic rings. The Bertz CT molecular complexity index is 850. The van der Waals surface area contributed by atoms with E-state index in [-0.39, 0.29) is 18.0 Å². The lowest BCUT2D eigenvalue weighted by Gasteiger charge is -2.09. The number of nitrogens with two attached hydrogens (primary N) is 2. The first-order chi connectivity index (χ1) is 11.9. The Hall–Kier alpha value is -2.95. The molecule has 0 saturated heterocycles. The van der Waals surface area contributed by atoms with Crippen LogP contribution in [0.1, 0.15) is 36.2 Å². The number of ketones is 1. The molecule has 5 heteroatoms. The van der Waals surface area contributed by atoms with Crippen molar-refractivity contribution in [2.45, 2.75) is 20.3 Å². The van der Waals surface area contributed by atoms with E-state index in [2.05, 4.69) is 18.8 Å². The number of Topliss-reactive ketones (excluding diaryl/α,β-unsaturated/α-hetero) is 1. The van der Waals surface area contributed by atoms with Gasteiger partial charge in [-0.05, 0) is 28.3 Å². The highest BCUT2D eigenvalue weighted by molar-refractivity contribution is 6.15. The van der Waals surface area contributed by atoms with E-state index in [1.807, 2.05) is 30.3 Å². The molecule has 0 aliphatic carbocycles. The van der Waals surface area contributed by atoms with Crippen molar-refractivity contribution in [1.82, 2.24) is 0 Å². The number of fused-ring (bicyclic) bond motifs is 1. The first-order valence-corrected chi connectivity index (χ1v) is 8.23. The average Bonchev–Trinajstić information content (AvgIpc) is 2.57. The van der Waals surface area contributed by atoms with Gasteiger partial charge in [0.2, 0.25) is 0 Å². The molecule has 2 aromatic carbocycles. The number of carbonyl (C=O) groups is 1. The minimum Gasteiger partial charge on any atom is -0.404 e. The van der Waals surface area contributed by atoms with E-state index in [9.17, 15) is 4.79 Å². The fourth-order valence-corrected chi connectivity index (χ4v) is 2.55. The van der Waals surface area contributed by atoms with Gasteiger partial charge in [0.15, 0.2) is 5.78 Å². The zero-order chi connectivity index (χ0) is 18.4. The number of hydrogen-bond donors (Lipinski definition) is 3. The monoisotopic (exact) mass is 336 g/mol. The molecule has 0 bridgehead atoms. The lowest BCUT2D eigenvalue weighted by molar-refractivity contribution is 0.100. The van der Waals surface area contributed by atoms with Crippen molar-refractivity contribution in [2.75, 3.05) is 6.54 Å². The van der Waals surface area contributed by atoms with E-state index in [0.717, 1.165) is 28.5 Å². The molecule has 2 rings (SSSR count). The average molecular weight is 336 g/mol. The summed E-state index contributed by atoms with van der Waals surface area (Å²) < 4.78 is 0. The van der Waals surface area contributed by atoms with Crippen LogP contribution in [0.2, 0.25) is 0 Å². The Morgan fingerprint density at radius 3 is 2.68 bits per heavy atom. The molecule has 0 aliphatic rings. The third-order valence-electron chi connectivity index (χ3n) is 3.74.